The first-order valence-electron chi connectivity index (χ1n) is 9.43. The van der Waals surface area contributed by atoms with E-state index in [1.807, 2.05) is 48.2 Å². The number of aliphatic hydroxyl groups is 1. The minimum absolute atomic E-state index is 0.149. The molecule has 4 nitrogen and oxygen atoms in total. The second-order valence-corrected chi connectivity index (χ2v) is 8.53. The van der Waals surface area contributed by atoms with Gasteiger partial charge in [-0.2, -0.15) is 11.8 Å². The third-order valence-corrected chi connectivity index (χ3v) is 7.04. The van der Waals surface area contributed by atoms with Crippen LogP contribution in [-0.4, -0.2) is 52.7 Å². The van der Waals surface area contributed by atoms with Crippen LogP contribution in [0.1, 0.15) is 24.0 Å². The minimum atomic E-state index is -1.80. The molecule has 0 spiro atoms. The maximum absolute atomic E-state index is 13.2. The third kappa shape index (κ3) is 3.51. The first-order chi connectivity index (χ1) is 13.1. The van der Waals surface area contributed by atoms with E-state index in [9.17, 15) is 9.90 Å². The lowest BCUT2D eigenvalue weighted by atomic mass is 9.86. The Balaban J connectivity index is 1.60. The van der Waals surface area contributed by atoms with Crippen LogP contribution in [-0.2, 0) is 15.1 Å². The average molecular weight is 384 g/mol. The number of nitrogens with zero attached hydrogens (tertiary/aromatic N) is 1. The Bertz CT molecular complexity index is 729. The molecule has 2 atom stereocenters. The van der Waals surface area contributed by atoms with E-state index >= 15 is 0 Å². The van der Waals surface area contributed by atoms with E-state index in [1.54, 1.807) is 24.3 Å². The molecule has 0 radical (unpaired) electrons. The molecule has 0 aliphatic carbocycles. The molecule has 2 fully saturated rings. The fourth-order valence-corrected chi connectivity index (χ4v) is 5.56. The summed E-state index contributed by atoms with van der Waals surface area (Å²) in [6.45, 7) is 0. The molecule has 1 N–H and O–H groups in total. The van der Waals surface area contributed by atoms with E-state index in [2.05, 4.69) is 11.9 Å². The van der Waals surface area contributed by atoms with Crippen molar-refractivity contribution in [2.45, 2.75) is 36.6 Å². The number of hydrogen-bond donors (Lipinski definition) is 1. The summed E-state index contributed by atoms with van der Waals surface area (Å²) in [7, 11) is 2.16. The number of rotatable bonds is 4. The van der Waals surface area contributed by atoms with Crippen molar-refractivity contribution in [3.05, 3.63) is 71.8 Å². The summed E-state index contributed by atoms with van der Waals surface area (Å²) < 4.78 is 5.93. The number of carbonyl (C=O) groups excluding carboxylic acids is 1. The van der Waals surface area contributed by atoms with Gasteiger partial charge < -0.3 is 9.84 Å². The predicted octanol–water partition coefficient (Wildman–Crippen LogP) is 3.04. The molecular formula is C22H25NO3S. The van der Waals surface area contributed by atoms with Crippen LogP contribution >= 0.6 is 11.8 Å². The summed E-state index contributed by atoms with van der Waals surface area (Å²) in [4.78, 5) is 15.7. The molecule has 2 unspecified atom stereocenters. The number of hydrogen-bond acceptors (Lipinski definition) is 5. The second kappa shape index (κ2) is 7.66. The Morgan fingerprint density at radius 1 is 1.00 bits per heavy atom. The van der Waals surface area contributed by atoms with Gasteiger partial charge in [0, 0.05) is 36.4 Å². The van der Waals surface area contributed by atoms with Gasteiger partial charge in [0.2, 0.25) is 5.60 Å². The Morgan fingerprint density at radius 3 is 1.96 bits per heavy atom. The Kier molecular flexibility index (Phi) is 5.26. The fourth-order valence-electron chi connectivity index (χ4n) is 4.14. The van der Waals surface area contributed by atoms with Gasteiger partial charge in [0.25, 0.3) is 0 Å². The van der Waals surface area contributed by atoms with E-state index in [1.165, 1.54) is 0 Å². The number of benzene rings is 2. The number of carbonyl (C=O) groups is 1. The maximum Gasteiger partial charge on any atom is 0.347 e. The van der Waals surface area contributed by atoms with Crippen LogP contribution in [0.4, 0.5) is 0 Å². The van der Waals surface area contributed by atoms with Gasteiger partial charge in [-0.15, -0.1) is 0 Å². The molecule has 2 saturated heterocycles. The smallest absolute Gasteiger partial charge is 0.347 e. The summed E-state index contributed by atoms with van der Waals surface area (Å²) >= 11 is 1.98. The van der Waals surface area contributed by atoms with Crippen molar-refractivity contribution in [1.29, 1.82) is 0 Å². The Hall–Kier alpha value is -1.82. The molecule has 5 heteroatoms. The van der Waals surface area contributed by atoms with E-state index in [-0.39, 0.29) is 6.10 Å². The summed E-state index contributed by atoms with van der Waals surface area (Å²) in [6, 6.07) is 19.0. The number of fused-ring (bicyclic) bond motifs is 2. The van der Waals surface area contributed by atoms with E-state index in [4.69, 9.17) is 4.74 Å². The minimum Gasteiger partial charge on any atom is -0.460 e. The largest absolute Gasteiger partial charge is 0.460 e. The van der Waals surface area contributed by atoms with Crippen LogP contribution in [0.3, 0.4) is 0 Å². The van der Waals surface area contributed by atoms with Gasteiger partial charge >= 0.3 is 5.97 Å². The normalized spacial score (nSPS) is 25.8. The van der Waals surface area contributed by atoms with Gasteiger partial charge in [-0.3, -0.25) is 4.90 Å². The highest BCUT2D eigenvalue weighted by molar-refractivity contribution is 7.99. The van der Waals surface area contributed by atoms with Gasteiger partial charge in [-0.25, -0.2) is 4.79 Å². The Morgan fingerprint density at radius 2 is 1.48 bits per heavy atom. The highest BCUT2D eigenvalue weighted by Crippen LogP contribution is 2.36. The lowest BCUT2D eigenvalue weighted by Crippen LogP contribution is -2.55. The number of piperidine rings is 1. The molecule has 0 aromatic heterocycles. The zero-order chi connectivity index (χ0) is 18.9. The predicted molar refractivity (Wildman–Crippen MR) is 108 cm³/mol. The summed E-state index contributed by atoms with van der Waals surface area (Å²) in [5.74, 6) is 1.56. The standard InChI is InChI=1S/C22H25NO3S/c1-23-18-12-20(13-19(23)15-27-14-18)26-21(24)22(25,16-8-4-2-5-9-16)17-10-6-3-7-11-17/h2-11,18-20,25H,12-15H2,1H3. The molecule has 0 saturated carbocycles. The molecule has 27 heavy (non-hydrogen) atoms. The van der Waals surface area contributed by atoms with E-state index in [0.29, 0.717) is 23.2 Å². The highest BCUT2D eigenvalue weighted by atomic mass is 32.2. The Labute approximate surface area is 164 Å². The quantitative estimate of drug-likeness (QED) is 0.823. The number of thioether (sulfide) groups is 1. The monoisotopic (exact) mass is 383 g/mol. The van der Waals surface area contributed by atoms with E-state index in [0.717, 1.165) is 24.3 Å². The van der Waals surface area contributed by atoms with Crippen molar-refractivity contribution in [2.24, 2.45) is 0 Å². The van der Waals surface area contributed by atoms with Crippen LogP contribution in [0.25, 0.3) is 0 Å². The number of esters is 1. The van der Waals surface area contributed by atoms with Crippen molar-refractivity contribution in [1.82, 2.24) is 4.90 Å². The van der Waals surface area contributed by atoms with Crippen LogP contribution in [0.5, 0.6) is 0 Å². The topological polar surface area (TPSA) is 49.8 Å². The molecule has 2 aliphatic heterocycles. The first kappa shape index (κ1) is 18.5. The molecule has 2 bridgehead atoms. The van der Waals surface area contributed by atoms with Crippen LogP contribution in [0.15, 0.2) is 60.7 Å². The summed E-state index contributed by atoms with van der Waals surface area (Å²) in [6.07, 6.45) is 1.50. The highest BCUT2D eigenvalue weighted by Gasteiger charge is 2.45. The van der Waals surface area contributed by atoms with Crippen molar-refractivity contribution < 1.29 is 14.6 Å². The van der Waals surface area contributed by atoms with Gasteiger partial charge in [0.15, 0.2) is 0 Å². The van der Waals surface area contributed by atoms with Crippen molar-refractivity contribution in [2.75, 3.05) is 18.6 Å². The number of ether oxygens (including phenoxy) is 1. The summed E-state index contributed by atoms with van der Waals surface area (Å²) in [5.41, 5.74) is -0.731. The van der Waals surface area contributed by atoms with Crippen LogP contribution < -0.4 is 0 Å². The zero-order valence-electron chi connectivity index (χ0n) is 15.5. The average Bonchev–Trinajstić information content (AvgIpc) is 2.69. The van der Waals surface area contributed by atoms with Crippen molar-refractivity contribution in [3.63, 3.8) is 0 Å². The van der Waals surface area contributed by atoms with E-state index < -0.39 is 11.6 Å². The molecule has 2 heterocycles. The van der Waals surface area contributed by atoms with Crippen molar-refractivity contribution in [3.8, 4) is 0 Å². The van der Waals surface area contributed by atoms with Gasteiger partial charge in [-0.1, -0.05) is 60.7 Å². The SMILES string of the molecule is CN1C2CSCC1CC(OC(=O)C(O)(c1ccccc1)c1ccccc1)C2. The van der Waals surface area contributed by atoms with Gasteiger partial charge in [0.05, 0.1) is 0 Å². The molecule has 142 valence electrons. The fraction of sp³-hybridized carbons (Fsp3) is 0.409. The lowest BCUT2D eigenvalue weighted by molar-refractivity contribution is -0.171. The first-order valence-corrected chi connectivity index (χ1v) is 10.6. The van der Waals surface area contributed by atoms with Gasteiger partial charge in [0.1, 0.15) is 6.10 Å². The van der Waals surface area contributed by atoms with Gasteiger partial charge in [-0.05, 0) is 18.2 Å². The molecule has 2 aliphatic rings. The van der Waals surface area contributed by atoms with Crippen molar-refractivity contribution >= 4 is 17.7 Å². The second-order valence-electron chi connectivity index (χ2n) is 7.45. The summed E-state index contributed by atoms with van der Waals surface area (Å²) in [5, 5.41) is 11.5. The van der Waals surface area contributed by atoms with Crippen LogP contribution in [0.2, 0.25) is 0 Å². The molecular weight excluding hydrogens is 358 g/mol. The molecule has 2 aromatic carbocycles. The molecule has 0 amide bonds. The zero-order valence-corrected chi connectivity index (χ0v) is 16.3. The molecule has 4 rings (SSSR count). The lowest BCUT2D eigenvalue weighted by Gasteiger charge is -2.46. The third-order valence-electron chi connectivity index (χ3n) is 5.79. The van der Waals surface area contributed by atoms with Crippen LogP contribution in [0, 0.1) is 0 Å². The maximum atomic E-state index is 13.2. The molecule has 2 aromatic rings.